The standard InChI is InChI=1S/C15H12N4O/c1-19-13-7-12-11(5-10(13)6-14(19)20)17-15(18-12)9-3-2-4-16-8-9/h2-5,7-8H,6H2,1H3,(H,17,18). The summed E-state index contributed by atoms with van der Waals surface area (Å²) in [7, 11) is 1.80. The van der Waals surface area contributed by atoms with E-state index in [0.29, 0.717) is 6.42 Å². The van der Waals surface area contributed by atoms with Gasteiger partial charge in [0, 0.05) is 30.7 Å². The largest absolute Gasteiger partial charge is 0.338 e. The summed E-state index contributed by atoms with van der Waals surface area (Å²) in [4.78, 5) is 25.4. The van der Waals surface area contributed by atoms with Crippen molar-refractivity contribution in [3.63, 3.8) is 0 Å². The Balaban J connectivity index is 1.88. The van der Waals surface area contributed by atoms with E-state index < -0.39 is 0 Å². The Morgan fingerprint density at radius 2 is 2.25 bits per heavy atom. The van der Waals surface area contributed by atoms with Gasteiger partial charge in [0.05, 0.1) is 17.5 Å². The number of aromatic nitrogens is 3. The van der Waals surface area contributed by atoms with Crippen molar-refractivity contribution in [3.8, 4) is 11.4 Å². The van der Waals surface area contributed by atoms with E-state index in [1.807, 2.05) is 24.3 Å². The zero-order chi connectivity index (χ0) is 13.7. The van der Waals surface area contributed by atoms with Crippen LogP contribution in [0.2, 0.25) is 0 Å². The van der Waals surface area contributed by atoms with Gasteiger partial charge in [0.2, 0.25) is 5.91 Å². The maximum absolute atomic E-state index is 11.7. The van der Waals surface area contributed by atoms with Gasteiger partial charge in [-0.2, -0.15) is 0 Å². The monoisotopic (exact) mass is 264 g/mol. The Bertz CT molecular complexity index is 823. The predicted molar refractivity (Wildman–Crippen MR) is 76.4 cm³/mol. The average Bonchev–Trinajstić information content (AvgIpc) is 3.00. The van der Waals surface area contributed by atoms with Crippen LogP contribution in [0.1, 0.15) is 5.56 Å². The van der Waals surface area contributed by atoms with E-state index >= 15 is 0 Å². The molecule has 3 heterocycles. The molecule has 5 heteroatoms. The van der Waals surface area contributed by atoms with Crippen LogP contribution < -0.4 is 4.90 Å². The molecule has 0 bridgehead atoms. The number of hydrogen-bond acceptors (Lipinski definition) is 3. The molecular formula is C15H12N4O. The minimum absolute atomic E-state index is 0.125. The summed E-state index contributed by atoms with van der Waals surface area (Å²) < 4.78 is 0. The number of pyridine rings is 1. The van der Waals surface area contributed by atoms with Gasteiger partial charge in [-0.15, -0.1) is 0 Å². The number of imidazole rings is 1. The third-order valence-electron chi connectivity index (χ3n) is 3.69. The first kappa shape index (κ1) is 11.2. The zero-order valence-corrected chi connectivity index (χ0v) is 10.9. The van der Waals surface area contributed by atoms with Crippen molar-refractivity contribution < 1.29 is 4.79 Å². The fourth-order valence-electron chi connectivity index (χ4n) is 2.60. The Labute approximate surface area is 115 Å². The molecule has 1 N–H and O–H groups in total. The highest BCUT2D eigenvalue weighted by molar-refractivity contribution is 6.03. The van der Waals surface area contributed by atoms with Crippen LogP contribution in [0.5, 0.6) is 0 Å². The molecule has 2 aromatic heterocycles. The molecule has 3 aromatic rings. The normalized spacial score (nSPS) is 14.1. The quantitative estimate of drug-likeness (QED) is 0.732. The molecule has 0 saturated heterocycles. The lowest BCUT2D eigenvalue weighted by Crippen LogP contribution is -2.20. The van der Waals surface area contributed by atoms with Crippen LogP contribution in [0.3, 0.4) is 0 Å². The number of likely N-dealkylation sites (N-methyl/N-ethyl adjacent to an activating group) is 1. The molecule has 1 amide bonds. The van der Waals surface area contributed by atoms with Crippen molar-refractivity contribution in [1.29, 1.82) is 0 Å². The number of hydrogen-bond donors (Lipinski definition) is 1. The van der Waals surface area contributed by atoms with E-state index in [9.17, 15) is 4.79 Å². The number of nitrogens with zero attached hydrogens (tertiary/aromatic N) is 3. The lowest BCUT2D eigenvalue weighted by atomic mass is 10.1. The predicted octanol–water partition coefficient (Wildman–Crippen LogP) is 2.14. The highest BCUT2D eigenvalue weighted by atomic mass is 16.2. The first-order chi connectivity index (χ1) is 9.72. The minimum Gasteiger partial charge on any atom is -0.338 e. The second-order valence-electron chi connectivity index (χ2n) is 4.95. The molecule has 1 aliphatic rings. The van der Waals surface area contributed by atoms with Crippen molar-refractivity contribution in [2.24, 2.45) is 0 Å². The van der Waals surface area contributed by atoms with Gasteiger partial charge in [-0.05, 0) is 29.8 Å². The molecule has 20 heavy (non-hydrogen) atoms. The lowest BCUT2D eigenvalue weighted by Gasteiger charge is -2.09. The van der Waals surface area contributed by atoms with Gasteiger partial charge in [0.25, 0.3) is 0 Å². The van der Waals surface area contributed by atoms with E-state index in [1.54, 1.807) is 24.3 Å². The molecule has 98 valence electrons. The Kier molecular flexibility index (Phi) is 2.18. The average molecular weight is 264 g/mol. The first-order valence-electron chi connectivity index (χ1n) is 6.42. The van der Waals surface area contributed by atoms with Gasteiger partial charge in [0.15, 0.2) is 0 Å². The number of carbonyl (C=O) groups excluding carboxylic acids is 1. The molecule has 5 nitrogen and oxygen atoms in total. The third-order valence-corrected chi connectivity index (χ3v) is 3.69. The Morgan fingerprint density at radius 1 is 1.35 bits per heavy atom. The SMILES string of the molecule is CN1C(=O)Cc2cc3nc(-c4cccnc4)[nH]c3cc21. The van der Waals surface area contributed by atoms with E-state index in [-0.39, 0.29) is 5.91 Å². The van der Waals surface area contributed by atoms with E-state index in [4.69, 9.17) is 0 Å². The molecule has 0 saturated carbocycles. The van der Waals surface area contributed by atoms with Gasteiger partial charge >= 0.3 is 0 Å². The summed E-state index contributed by atoms with van der Waals surface area (Å²) in [5.74, 6) is 0.922. The molecule has 0 aliphatic carbocycles. The molecule has 0 unspecified atom stereocenters. The molecule has 0 fully saturated rings. The maximum Gasteiger partial charge on any atom is 0.231 e. The van der Waals surface area contributed by atoms with Gasteiger partial charge in [-0.3, -0.25) is 9.78 Å². The highest BCUT2D eigenvalue weighted by Crippen LogP contribution is 2.32. The second kappa shape index (κ2) is 3.90. The molecule has 0 spiro atoms. The molecule has 4 rings (SSSR count). The van der Waals surface area contributed by atoms with Crippen LogP contribution in [-0.4, -0.2) is 27.9 Å². The fraction of sp³-hybridized carbons (Fsp3) is 0.133. The summed E-state index contributed by atoms with van der Waals surface area (Å²) in [6, 6.07) is 7.83. The topological polar surface area (TPSA) is 61.9 Å². The highest BCUT2D eigenvalue weighted by Gasteiger charge is 2.25. The van der Waals surface area contributed by atoms with Crippen molar-refractivity contribution in [2.45, 2.75) is 6.42 Å². The van der Waals surface area contributed by atoms with Crippen molar-refractivity contribution >= 4 is 22.6 Å². The first-order valence-corrected chi connectivity index (χ1v) is 6.42. The van der Waals surface area contributed by atoms with Gasteiger partial charge in [-0.1, -0.05) is 0 Å². The van der Waals surface area contributed by atoms with Gasteiger partial charge in [0.1, 0.15) is 5.82 Å². The van der Waals surface area contributed by atoms with Crippen LogP contribution in [0.25, 0.3) is 22.4 Å². The number of fused-ring (bicyclic) bond motifs is 2. The summed E-state index contributed by atoms with van der Waals surface area (Å²) in [6.07, 6.45) is 3.97. The molecule has 0 atom stereocenters. The van der Waals surface area contributed by atoms with Gasteiger partial charge < -0.3 is 9.88 Å². The third kappa shape index (κ3) is 1.53. The van der Waals surface area contributed by atoms with Crippen LogP contribution in [-0.2, 0) is 11.2 Å². The fourth-order valence-corrected chi connectivity index (χ4v) is 2.60. The molecule has 1 aliphatic heterocycles. The number of benzene rings is 1. The summed E-state index contributed by atoms with van der Waals surface area (Å²) in [5.41, 5.74) is 4.77. The van der Waals surface area contributed by atoms with Crippen LogP contribution in [0, 0.1) is 0 Å². The van der Waals surface area contributed by atoms with Crippen LogP contribution in [0.4, 0.5) is 5.69 Å². The smallest absolute Gasteiger partial charge is 0.231 e. The minimum atomic E-state index is 0.125. The van der Waals surface area contributed by atoms with E-state index in [0.717, 1.165) is 33.7 Å². The molecule has 1 aromatic carbocycles. The summed E-state index contributed by atoms with van der Waals surface area (Å²) >= 11 is 0. The van der Waals surface area contributed by atoms with Crippen LogP contribution >= 0.6 is 0 Å². The molecule has 0 radical (unpaired) electrons. The number of carbonyl (C=O) groups is 1. The van der Waals surface area contributed by atoms with Gasteiger partial charge in [-0.25, -0.2) is 4.98 Å². The van der Waals surface area contributed by atoms with E-state index in [2.05, 4.69) is 15.0 Å². The van der Waals surface area contributed by atoms with E-state index in [1.165, 1.54) is 0 Å². The number of rotatable bonds is 1. The zero-order valence-electron chi connectivity index (χ0n) is 10.9. The Hall–Kier alpha value is -2.69. The molecular weight excluding hydrogens is 252 g/mol. The van der Waals surface area contributed by atoms with Crippen molar-refractivity contribution in [1.82, 2.24) is 15.0 Å². The maximum atomic E-state index is 11.7. The lowest BCUT2D eigenvalue weighted by molar-refractivity contribution is -0.117. The summed E-state index contributed by atoms with van der Waals surface area (Å²) in [5, 5.41) is 0. The number of nitrogens with one attached hydrogen (secondary N) is 1. The van der Waals surface area contributed by atoms with Crippen molar-refractivity contribution in [3.05, 3.63) is 42.2 Å². The number of aromatic amines is 1. The second-order valence-corrected chi connectivity index (χ2v) is 4.95. The Morgan fingerprint density at radius 3 is 3.05 bits per heavy atom. The van der Waals surface area contributed by atoms with Crippen LogP contribution in [0.15, 0.2) is 36.7 Å². The number of amides is 1. The number of anilines is 1. The summed E-state index contributed by atoms with van der Waals surface area (Å²) in [6.45, 7) is 0. The number of H-pyrrole nitrogens is 1. The van der Waals surface area contributed by atoms with Crippen molar-refractivity contribution in [2.75, 3.05) is 11.9 Å².